The molecule has 0 saturated carbocycles. The van der Waals surface area contributed by atoms with E-state index in [1.54, 1.807) is 11.4 Å². The van der Waals surface area contributed by atoms with Gasteiger partial charge in [-0.25, -0.2) is 9.97 Å². The summed E-state index contributed by atoms with van der Waals surface area (Å²) >= 11 is 1.21. The summed E-state index contributed by atoms with van der Waals surface area (Å²) in [5.74, 6) is -1.18. The first-order chi connectivity index (χ1) is 17.0. The topological polar surface area (TPSA) is 106 Å². The molecule has 1 unspecified atom stereocenters. The lowest BCUT2D eigenvalue weighted by molar-refractivity contribution is -0.112. The van der Waals surface area contributed by atoms with Crippen molar-refractivity contribution >= 4 is 39.6 Å². The molecule has 1 atom stereocenters. The number of rotatable bonds is 7. The lowest BCUT2D eigenvalue weighted by Gasteiger charge is -2.19. The highest BCUT2D eigenvalue weighted by Crippen LogP contribution is 2.28. The van der Waals surface area contributed by atoms with Crippen LogP contribution in [0.25, 0.3) is 5.52 Å². The number of nitrogens with one attached hydrogen (secondary N) is 1. The smallest absolute Gasteiger partial charge is 0.301 e. The minimum Gasteiger partial charge on any atom is -0.496 e. The number of Topliss-reactive ketones (excluding diaryl/α,β-unsaturated/α-hetero) is 1. The highest BCUT2D eigenvalue weighted by atomic mass is 32.1. The Morgan fingerprint density at radius 3 is 2.77 bits per heavy atom. The summed E-state index contributed by atoms with van der Waals surface area (Å²) in [5, 5.41) is 4.48. The third kappa shape index (κ3) is 4.65. The molecule has 10 heteroatoms. The third-order valence-electron chi connectivity index (χ3n) is 6.08. The van der Waals surface area contributed by atoms with Crippen molar-refractivity contribution in [2.24, 2.45) is 5.92 Å². The number of likely N-dealkylation sites (tertiary alicyclic amines) is 1. The molecule has 1 N–H and O–H groups in total. The predicted octanol–water partition coefficient (Wildman–Crippen LogP) is 3.33. The number of pyridine rings is 1. The van der Waals surface area contributed by atoms with Gasteiger partial charge in [-0.15, -0.1) is 11.3 Å². The van der Waals surface area contributed by atoms with Crippen LogP contribution in [0.4, 0.5) is 5.13 Å². The standard InChI is InChI=1S/C25H23N5O4S/c1-34-20-12-18-13-27-22(21(31)23(32)28-25-26-8-10-35-25)30(18)15-19(20)24(33)29-9-7-17(14-29)11-16-5-3-2-4-6-16/h2-6,8,10,12-13,15,17H,7,9,11,14H2,1H3,(H,26,28,32). The zero-order valence-electron chi connectivity index (χ0n) is 19.0. The number of ether oxygens (including phenoxy) is 1. The summed E-state index contributed by atoms with van der Waals surface area (Å²) in [6, 6.07) is 11.9. The van der Waals surface area contributed by atoms with E-state index in [4.69, 9.17) is 4.74 Å². The first kappa shape index (κ1) is 22.7. The number of hydrogen-bond donors (Lipinski definition) is 1. The van der Waals surface area contributed by atoms with Gasteiger partial charge < -0.3 is 9.64 Å². The number of thiazole rings is 1. The van der Waals surface area contributed by atoms with E-state index >= 15 is 0 Å². The van der Waals surface area contributed by atoms with Crippen LogP contribution < -0.4 is 10.1 Å². The zero-order chi connectivity index (χ0) is 24.4. The predicted molar refractivity (Wildman–Crippen MR) is 131 cm³/mol. The molecule has 0 spiro atoms. The fraction of sp³-hybridized carbons (Fsp3) is 0.240. The summed E-state index contributed by atoms with van der Waals surface area (Å²) in [6.07, 6.45) is 6.35. The second kappa shape index (κ2) is 9.67. The lowest BCUT2D eigenvalue weighted by atomic mass is 9.99. The normalized spacial score (nSPS) is 15.3. The highest BCUT2D eigenvalue weighted by Gasteiger charge is 2.30. The van der Waals surface area contributed by atoms with Crippen LogP contribution in [0.15, 0.2) is 60.4 Å². The SMILES string of the molecule is COc1cc2cnc(C(=O)C(=O)Nc3nccs3)n2cc1C(=O)N1CCC(Cc2ccccc2)C1. The van der Waals surface area contributed by atoms with Gasteiger partial charge in [-0.05, 0) is 24.3 Å². The fourth-order valence-electron chi connectivity index (χ4n) is 4.36. The number of carbonyl (C=O) groups is 3. The van der Waals surface area contributed by atoms with Gasteiger partial charge in [-0.2, -0.15) is 0 Å². The van der Waals surface area contributed by atoms with Gasteiger partial charge in [-0.3, -0.25) is 24.1 Å². The fourth-order valence-corrected chi connectivity index (χ4v) is 4.88. The maximum absolute atomic E-state index is 13.5. The molecule has 9 nitrogen and oxygen atoms in total. The molecule has 4 aromatic rings. The van der Waals surface area contributed by atoms with Gasteiger partial charge in [0.15, 0.2) is 11.0 Å². The van der Waals surface area contributed by atoms with Crippen LogP contribution in [0.3, 0.4) is 0 Å². The maximum Gasteiger partial charge on any atom is 0.301 e. The minimum absolute atomic E-state index is 0.0888. The third-order valence-corrected chi connectivity index (χ3v) is 6.77. The molecule has 1 saturated heterocycles. The number of aromatic nitrogens is 3. The molecule has 1 aliphatic heterocycles. The Morgan fingerprint density at radius 2 is 2.03 bits per heavy atom. The number of nitrogens with zero attached hydrogens (tertiary/aromatic N) is 4. The number of fused-ring (bicyclic) bond motifs is 1. The molecule has 1 aliphatic rings. The Bertz CT molecular complexity index is 1380. The van der Waals surface area contributed by atoms with E-state index in [1.165, 1.54) is 47.0 Å². The average Bonchev–Trinajstić information content (AvgIpc) is 3.64. The van der Waals surface area contributed by atoms with Crippen molar-refractivity contribution in [2.75, 3.05) is 25.5 Å². The second-order valence-corrected chi connectivity index (χ2v) is 9.24. The number of amides is 2. The number of ketones is 1. The Balaban J connectivity index is 1.38. The second-order valence-electron chi connectivity index (χ2n) is 8.35. The van der Waals surface area contributed by atoms with E-state index in [9.17, 15) is 14.4 Å². The van der Waals surface area contributed by atoms with Crippen molar-refractivity contribution in [1.29, 1.82) is 0 Å². The molecule has 1 fully saturated rings. The molecule has 3 aromatic heterocycles. The molecule has 0 radical (unpaired) electrons. The number of anilines is 1. The molecule has 0 bridgehead atoms. The van der Waals surface area contributed by atoms with E-state index in [-0.39, 0.29) is 11.7 Å². The van der Waals surface area contributed by atoms with E-state index in [1.807, 2.05) is 23.1 Å². The van der Waals surface area contributed by atoms with Crippen LogP contribution in [0.5, 0.6) is 5.75 Å². The van der Waals surface area contributed by atoms with Crippen molar-refractivity contribution in [1.82, 2.24) is 19.3 Å². The monoisotopic (exact) mass is 489 g/mol. The number of imidazole rings is 1. The quantitative estimate of drug-likeness (QED) is 0.315. The molecule has 0 aliphatic carbocycles. The Morgan fingerprint density at radius 1 is 1.20 bits per heavy atom. The largest absolute Gasteiger partial charge is 0.496 e. The van der Waals surface area contributed by atoms with Crippen molar-refractivity contribution < 1.29 is 19.1 Å². The van der Waals surface area contributed by atoms with Crippen LogP contribution in [0, 0.1) is 5.92 Å². The molecule has 5 rings (SSSR count). The molecule has 1 aromatic carbocycles. The number of carbonyl (C=O) groups excluding carboxylic acids is 3. The minimum atomic E-state index is -0.848. The number of hydrogen-bond acceptors (Lipinski definition) is 7. The van der Waals surface area contributed by atoms with Crippen molar-refractivity contribution in [2.45, 2.75) is 12.8 Å². The first-order valence-corrected chi connectivity index (χ1v) is 12.0. The van der Waals surface area contributed by atoms with Gasteiger partial charge in [-0.1, -0.05) is 30.3 Å². The molecule has 2 amide bonds. The summed E-state index contributed by atoms with van der Waals surface area (Å²) in [5.41, 5.74) is 2.10. The van der Waals surface area contributed by atoms with Crippen LogP contribution in [0.2, 0.25) is 0 Å². The van der Waals surface area contributed by atoms with Gasteiger partial charge in [0.1, 0.15) is 5.75 Å². The van der Waals surface area contributed by atoms with Crippen LogP contribution in [-0.2, 0) is 11.2 Å². The Kier molecular flexibility index (Phi) is 6.28. The van der Waals surface area contributed by atoms with Gasteiger partial charge >= 0.3 is 5.91 Å². The van der Waals surface area contributed by atoms with E-state index in [2.05, 4.69) is 27.4 Å². The molecule has 178 valence electrons. The van der Waals surface area contributed by atoms with E-state index < -0.39 is 11.7 Å². The van der Waals surface area contributed by atoms with Crippen LogP contribution in [-0.4, -0.2) is 57.1 Å². The van der Waals surface area contributed by atoms with Crippen molar-refractivity contribution in [3.63, 3.8) is 0 Å². The lowest BCUT2D eigenvalue weighted by Crippen LogP contribution is -2.30. The van der Waals surface area contributed by atoms with Gasteiger partial charge in [0.25, 0.3) is 11.7 Å². The molecular weight excluding hydrogens is 466 g/mol. The van der Waals surface area contributed by atoms with Crippen LogP contribution in [0.1, 0.15) is 33.0 Å². The Hall–Kier alpha value is -4.05. The van der Waals surface area contributed by atoms with Gasteiger partial charge in [0, 0.05) is 36.9 Å². The summed E-state index contributed by atoms with van der Waals surface area (Å²) in [6.45, 7) is 1.28. The van der Waals surface area contributed by atoms with E-state index in [0.29, 0.717) is 41.0 Å². The first-order valence-electron chi connectivity index (χ1n) is 11.2. The van der Waals surface area contributed by atoms with Crippen molar-refractivity contribution in [3.05, 3.63) is 77.3 Å². The highest BCUT2D eigenvalue weighted by molar-refractivity contribution is 7.13. The van der Waals surface area contributed by atoms with Gasteiger partial charge in [0.2, 0.25) is 0 Å². The van der Waals surface area contributed by atoms with Gasteiger partial charge in [0.05, 0.1) is 24.4 Å². The number of benzene rings is 1. The molecular formula is C25H23N5O4S. The van der Waals surface area contributed by atoms with E-state index in [0.717, 1.165) is 12.8 Å². The Labute approximate surface area is 205 Å². The summed E-state index contributed by atoms with van der Waals surface area (Å²) in [4.78, 5) is 48.6. The average molecular weight is 490 g/mol. The van der Waals surface area contributed by atoms with Crippen molar-refractivity contribution in [3.8, 4) is 5.75 Å². The van der Waals surface area contributed by atoms with Crippen LogP contribution >= 0.6 is 11.3 Å². The summed E-state index contributed by atoms with van der Waals surface area (Å²) in [7, 11) is 1.49. The zero-order valence-corrected chi connectivity index (χ0v) is 19.8. The summed E-state index contributed by atoms with van der Waals surface area (Å²) < 4.78 is 6.94. The molecule has 4 heterocycles. The number of methoxy groups -OCH3 is 1. The maximum atomic E-state index is 13.5. The molecule has 35 heavy (non-hydrogen) atoms.